The van der Waals surface area contributed by atoms with Crippen LogP contribution in [0.4, 0.5) is 0 Å². The smallest absolute Gasteiger partial charge is 0.166 e. The van der Waals surface area contributed by atoms with E-state index in [1.165, 1.54) is 40.8 Å². The van der Waals surface area contributed by atoms with E-state index in [0.29, 0.717) is 6.04 Å². The Kier molecular flexibility index (Phi) is 5.25. The lowest BCUT2D eigenvalue weighted by molar-refractivity contribution is 0.412. The Morgan fingerprint density at radius 2 is 2.12 bits per heavy atom. The molecular formula is C12H17BrN2S2. The van der Waals surface area contributed by atoms with Crippen molar-refractivity contribution in [2.75, 3.05) is 0 Å². The van der Waals surface area contributed by atoms with Crippen LogP contribution in [0.15, 0.2) is 15.9 Å². The average molecular weight is 333 g/mol. The Labute approximate surface area is 120 Å². The minimum atomic E-state index is 0.582. The summed E-state index contributed by atoms with van der Waals surface area (Å²) >= 11 is 10.5. The zero-order valence-corrected chi connectivity index (χ0v) is 12.9. The first-order valence-electron chi connectivity index (χ1n) is 6.02. The molecule has 0 amide bonds. The van der Waals surface area contributed by atoms with E-state index >= 15 is 0 Å². The molecule has 1 heterocycles. The predicted octanol–water partition coefficient (Wildman–Crippen LogP) is 3.81. The maximum absolute atomic E-state index is 5.31. The molecule has 94 valence electrons. The van der Waals surface area contributed by atoms with E-state index in [1.807, 2.05) is 0 Å². The van der Waals surface area contributed by atoms with Crippen LogP contribution >= 0.6 is 39.5 Å². The van der Waals surface area contributed by atoms with Crippen LogP contribution in [0.2, 0.25) is 0 Å². The Balaban J connectivity index is 1.70. The number of thiocarbonyl (C=S) groups is 1. The normalized spacial score (nSPS) is 16.8. The summed E-state index contributed by atoms with van der Waals surface area (Å²) in [7, 11) is 0. The van der Waals surface area contributed by atoms with E-state index in [-0.39, 0.29) is 0 Å². The predicted molar refractivity (Wildman–Crippen MR) is 81.5 cm³/mol. The third-order valence-electron chi connectivity index (χ3n) is 2.99. The van der Waals surface area contributed by atoms with Crippen LogP contribution in [0.1, 0.15) is 37.0 Å². The van der Waals surface area contributed by atoms with E-state index in [9.17, 15) is 0 Å². The number of hydrogen-bond acceptors (Lipinski definition) is 2. The lowest BCUT2D eigenvalue weighted by Crippen LogP contribution is -2.42. The standard InChI is InChI=1S/C12H17BrN2S2/c13-11-7-6-10(17-11)8-14-12(16)15-9-4-2-1-3-5-9/h6-7,9H,1-5,8H2,(H2,14,15,16). The highest BCUT2D eigenvalue weighted by molar-refractivity contribution is 9.11. The first-order chi connectivity index (χ1) is 8.24. The van der Waals surface area contributed by atoms with Gasteiger partial charge in [0.05, 0.1) is 10.3 Å². The molecule has 0 bridgehead atoms. The second-order valence-corrected chi connectivity index (χ2v) is 7.32. The van der Waals surface area contributed by atoms with Crippen molar-refractivity contribution < 1.29 is 0 Å². The molecule has 0 spiro atoms. The minimum absolute atomic E-state index is 0.582. The van der Waals surface area contributed by atoms with E-state index in [2.05, 4.69) is 38.7 Å². The van der Waals surface area contributed by atoms with Gasteiger partial charge < -0.3 is 10.6 Å². The fourth-order valence-corrected chi connectivity index (χ4v) is 3.76. The summed E-state index contributed by atoms with van der Waals surface area (Å²) in [6.45, 7) is 0.814. The van der Waals surface area contributed by atoms with Gasteiger partial charge in [0.15, 0.2) is 5.11 Å². The quantitative estimate of drug-likeness (QED) is 0.823. The SMILES string of the molecule is S=C(NCc1ccc(Br)s1)NC1CCCCC1. The highest BCUT2D eigenvalue weighted by Crippen LogP contribution is 2.21. The lowest BCUT2D eigenvalue weighted by Gasteiger charge is -2.24. The maximum atomic E-state index is 5.31. The van der Waals surface area contributed by atoms with Gasteiger partial charge >= 0.3 is 0 Å². The van der Waals surface area contributed by atoms with Gasteiger partial charge in [-0.2, -0.15) is 0 Å². The maximum Gasteiger partial charge on any atom is 0.166 e. The second kappa shape index (κ2) is 6.71. The van der Waals surface area contributed by atoms with Crippen LogP contribution < -0.4 is 10.6 Å². The molecule has 1 fully saturated rings. The number of hydrogen-bond donors (Lipinski definition) is 2. The van der Waals surface area contributed by atoms with Crippen LogP contribution in [0.3, 0.4) is 0 Å². The highest BCUT2D eigenvalue weighted by Gasteiger charge is 2.13. The summed E-state index contributed by atoms with van der Waals surface area (Å²) in [5.74, 6) is 0. The number of nitrogens with one attached hydrogen (secondary N) is 2. The van der Waals surface area contributed by atoms with Gasteiger partial charge in [-0.05, 0) is 53.1 Å². The van der Waals surface area contributed by atoms with Crippen molar-refractivity contribution >= 4 is 44.6 Å². The number of rotatable bonds is 3. The first-order valence-corrected chi connectivity index (χ1v) is 8.04. The number of halogens is 1. The Bertz CT molecular complexity index is 372. The van der Waals surface area contributed by atoms with Gasteiger partial charge in [-0.25, -0.2) is 0 Å². The molecule has 0 saturated heterocycles. The molecule has 1 aliphatic carbocycles. The minimum Gasteiger partial charge on any atom is -0.360 e. The second-order valence-electron chi connectivity index (χ2n) is 4.37. The van der Waals surface area contributed by atoms with Crippen molar-refractivity contribution in [3.63, 3.8) is 0 Å². The molecule has 1 aromatic rings. The van der Waals surface area contributed by atoms with Gasteiger partial charge in [0, 0.05) is 10.9 Å². The van der Waals surface area contributed by atoms with E-state index < -0.39 is 0 Å². The Morgan fingerprint density at radius 1 is 1.35 bits per heavy atom. The molecule has 2 nitrogen and oxygen atoms in total. The molecule has 2 N–H and O–H groups in total. The topological polar surface area (TPSA) is 24.1 Å². The zero-order valence-electron chi connectivity index (χ0n) is 9.67. The highest BCUT2D eigenvalue weighted by atomic mass is 79.9. The van der Waals surface area contributed by atoms with Crippen LogP contribution in [-0.2, 0) is 6.54 Å². The van der Waals surface area contributed by atoms with Gasteiger partial charge in [0.1, 0.15) is 0 Å². The van der Waals surface area contributed by atoms with E-state index in [0.717, 1.165) is 11.7 Å². The summed E-state index contributed by atoms with van der Waals surface area (Å²) in [5.41, 5.74) is 0. The molecule has 2 rings (SSSR count). The van der Waals surface area contributed by atoms with Crippen LogP contribution in [-0.4, -0.2) is 11.2 Å². The van der Waals surface area contributed by atoms with Crippen LogP contribution in [0, 0.1) is 0 Å². The van der Waals surface area contributed by atoms with Crippen LogP contribution in [0.25, 0.3) is 0 Å². The van der Waals surface area contributed by atoms with Crippen molar-refractivity contribution in [3.8, 4) is 0 Å². The van der Waals surface area contributed by atoms with Crippen molar-refractivity contribution in [1.29, 1.82) is 0 Å². The van der Waals surface area contributed by atoms with Gasteiger partial charge in [0.25, 0.3) is 0 Å². The van der Waals surface area contributed by atoms with Crippen molar-refractivity contribution in [2.24, 2.45) is 0 Å². The summed E-state index contributed by atoms with van der Waals surface area (Å²) in [5, 5.41) is 7.47. The van der Waals surface area contributed by atoms with E-state index in [1.54, 1.807) is 11.3 Å². The summed E-state index contributed by atoms with van der Waals surface area (Å²) in [6.07, 6.45) is 6.55. The van der Waals surface area contributed by atoms with Gasteiger partial charge in [-0.1, -0.05) is 19.3 Å². The summed E-state index contributed by atoms with van der Waals surface area (Å²) in [6, 6.07) is 4.77. The monoisotopic (exact) mass is 332 g/mol. The molecular weight excluding hydrogens is 316 g/mol. The van der Waals surface area contributed by atoms with Crippen molar-refractivity contribution in [3.05, 3.63) is 20.8 Å². The van der Waals surface area contributed by atoms with E-state index in [4.69, 9.17) is 12.2 Å². The molecule has 17 heavy (non-hydrogen) atoms. The third kappa shape index (κ3) is 4.56. The van der Waals surface area contributed by atoms with Gasteiger partial charge in [-0.3, -0.25) is 0 Å². The molecule has 1 saturated carbocycles. The fourth-order valence-electron chi connectivity index (χ4n) is 2.10. The van der Waals surface area contributed by atoms with Crippen molar-refractivity contribution in [2.45, 2.75) is 44.7 Å². The average Bonchev–Trinajstić information content (AvgIpc) is 2.74. The number of thiophene rings is 1. The largest absolute Gasteiger partial charge is 0.360 e. The van der Waals surface area contributed by atoms with Crippen LogP contribution in [0.5, 0.6) is 0 Å². The molecule has 0 aromatic carbocycles. The lowest BCUT2D eigenvalue weighted by atomic mass is 9.96. The van der Waals surface area contributed by atoms with Gasteiger partial charge in [0.2, 0.25) is 0 Å². The summed E-state index contributed by atoms with van der Waals surface area (Å²) < 4.78 is 1.17. The molecule has 0 atom stereocenters. The van der Waals surface area contributed by atoms with Crippen molar-refractivity contribution in [1.82, 2.24) is 10.6 Å². The molecule has 5 heteroatoms. The molecule has 1 aromatic heterocycles. The zero-order chi connectivity index (χ0) is 12.1. The molecule has 1 aliphatic rings. The Hall–Kier alpha value is -0.130. The summed E-state index contributed by atoms with van der Waals surface area (Å²) in [4.78, 5) is 1.30. The molecule has 0 aliphatic heterocycles. The molecule has 0 radical (unpaired) electrons. The Morgan fingerprint density at radius 3 is 2.76 bits per heavy atom. The first kappa shape index (κ1) is 13.3. The fraction of sp³-hybridized carbons (Fsp3) is 0.583. The molecule has 0 unspecified atom stereocenters. The third-order valence-corrected chi connectivity index (χ3v) is 4.88. The van der Waals surface area contributed by atoms with Gasteiger partial charge in [-0.15, -0.1) is 11.3 Å².